The number of methoxy groups -OCH3 is 3. The maximum atomic E-state index is 13.3. The van der Waals surface area contributed by atoms with Crippen molar-refractivity contribution in [2.45, 2.75) is 32.4 Å². The van der Waals surface area contributed by atoms with E-state index in [1.165, 1.54) is 18.9 Å². The number of amides is 1. The fraction of sp³-hybridized carbons (Fsp3) is 0.321. The van der Waals surface area contributed by atoms with Gasteiger partial charge in [0.2, 0.25) is 5.91 Å². The molecule has 0 fully saturated rings. The Morgan fingerprint density at radius 2 is 1.73 bits per heavy atom. The molecule has 0 saturated heterocycles. The number of fused-ring (bicyclic) bond motifs is 1. The molecule has 0 saturated carbocycles. The first-order chi connectivity index (χ1) is 17.9. The normalized spacial score (nSPS) is 16.6. The topological polar surface area (TPSA) is 80.7 Å². The van der Waals surface area contributed by atoms with Crippen molar-refractivity contribution in [3.8, 4) is 11.5 Å². The van der Waals surface area contributed by atoms with Crippen LogP contribution in [0.5, 0.6) is 11.5 Å². The monoisotopic (exact) mass is 521 g/mol. The zero-order chi connectivity index (χ0) is 26.5. The number of hydrogen-bond donors (Lipinski definition) is 0. The van der Waals surface area contributed by atoms with E-state index in [9.17, 15) is 9.59 Å². The van der Waals surface area contributed by atoms with Crippen molar-refractivity contribution in [1.82, 2.24) is 9.80 Å². The molecule has 0 spiro atoms. The van der Waals surface area contributed by atoms with Gasteiger partial charge >= 0.3 is 5.97 Å². The van der Waals surface area contributed by atoms with Gasteiger partial charge in [0.1, 0.15) is 11.5 Å². The van der Waals surface area contributed by atoms with Crippen LogP contribution in [-0.4, -0.2) is 55.2 Å². The molecule has 0 N–H and O–H groups in total. The third-order valence-corrected chi connectivity index (χ3v) is 7.23. The molecule has 2 heterocycles. The summed E-state index contributed by atoms with van der Waals surface area (Å²) in [6.07, 6.45) is 0.705. The molecule has 37 heavy (non-hydrogen) atoms. The molecule has 0 aliphatic carbocycles. The summed E-state index contributed by atoms with van der Waals surface area (Å²) in [5.74, 6) is 0.687. The van der Waals surface area contributed by atoms with Gasteiger partial charge in [-0.15, -0.1) is 0 Å². The van der Waals surface area contributed by atoms with Crippen LogP contribution in [0.4, 0.5) is 0 Å². The molecule has 0 unspecified atom stereocenters. The molecule has 1 atom stereocenters. The van der Waals surface area contributed by atoms with Gasteiger partial charge in [-0.1, -0.05) is 49.0 Å². The van der Waals surface area contributed by atoms with Crippen LogP contribution < -0.4 is 9.47 Å². The summed E-state index contributed by atoms with van der Waals surface area (Å²) in [6, 6.07) is 14.8. The number of hydrogen-bond acceptors (Lipinski definition) is 8. The molecule has 8 nitrogen and oxygen atoms in total. The summed E-state index contributed by atoms with van der Waals surface area (Å²) in [5.41, 5.74) is 3.67. The minimum Gasteiger partial charge on any atom is -0.497 e. The van der Waals surface area contributed by atoms with Crippen molar-refractivity contribution in [3.63, 3.8) is 0 Å². The summed E-state index contributed by atoms with van der Waals surface area (Å²) in [6.45, 7) is 2.46. The molecular formula is C28H31N3O5S. The molecule has 194 valence electrons. The Bertz CT molecular complexity index is 1250. The van der Waals surface area contributed by atoms with Crippen LogP contribution in [-0.2, 0) is 20.9 Å². The van der Waals surface area contributed by atoms with Gasteiger partial charge in [0, 0.05) is 25.4 Å². The average Bonchev–Trinajstić information content (AvgIpc) is 3.33. The predicted octanol–water partition coefficient (Wildman–Crippen LogP) is 4.89. The highest BCUT2D eigenvalue weighted by atomic mass is 32.2. The molecular weight excluding hydrogens is 490 g/mol. The first kappa shape index (κ1) is 26.3. The standard InChI is InChI=1S/C28H31N3O5S/c1-6-23-25(27(33)36-5)26(19-12-21(34-3)15-22(13-19)35-4)31-20(17-37-28(31)29-23)14-24(32)30(2)16-18-10-8-7-9-11-18/h7-13,15,17,26H,6,14,16H2,1-5H3/t26-/m0/s1. The largest absolute Gasteiger partial charge is 0.497 e. The Labute approximate surface area is 221 Å². The zero-order valence-corrected chi connectivity index (χ0v) is 22.5. The second-order valence-corrected chi connectivity index (χ2v) is 9.49. The lowest BCUT2D eigenvalue weighted by molar-refractivity contribution is -0.136. The van der Waals surface area contributed by atoms with Crippen LogP contribution in [0.15, 0.2) is 75.9 Å². The van der Waals surface area contributed by atoms with Gasteiger partial charge in [0.25, 0.3) is 0 Å². The highest BCUT2D eigenvalue weighted by molar-refractivity contribution is 8.16. The van der Waals surface area contributed by atoms with E-state index in [0.29, 0.717) is 40.9 Å². The van der Waals surface area contributed by atoms with Crippen LogP contribution in [0.1, 0.15) is 36.9 Å². The smallest absolute Gasteiger partial charge is 0.338 e. The van der Waals surface area contributed by atoms with Crippen LogP contribution in [0, 0.1) is 0 Å². The lowest BCUT2D eigenvalue weighted by Gasteiger charge is -2.37. The third kappa shape index (κ3) is 5.51. The van der Waals surface area contributed by atoms with Gasteiger partial charge in [-0.05, 0) is 35.1 Å². The molecule has 9 heteroatoms. The first-order valence-electron chi connectivity index (χ1n) is 12.0. The summed E-state index contributed by atoms with van der Waals surface area (Å²) < 4.78 is 16.2. The van der Waals surface area contributed by atoms with Crippen LogP contribution in [0.3, 0.4) is 0 Å². The van der Waals surface area contributed by atoms with E-state index in [1.807, 2.05) is 59.7 Å². The van der Waals surface area contributed by atoms with E-state index in [2.05, 4.69) is 0 Å². The molecule has 0 aromatic heterocycles. The van der Waals surface area contributed by atoms with Crippen molar-refractivity contribution < 1.29 is 23.8 Å². The Kier molecular flexibility index (Phi) is 8.23. The number of rotatable bonds is 9. The quantitative estimate of drug-likeness (QED) is 0.435. The third-order valence-electron chi connectivity index (χ3n) is 6.34. The first-order valence-corrected chi connectivity index (χ1v) is 12.8. The van der Waals surface area contributed by atoms with Crippen molar-refractivity contribution in [1.29, 1.82) is 0 Å². The molecule has 4 rings (SSSR count). The van der Waals surface area contributed by atoms with E-state index >= 15 is 0 Å². The fourth-order valence-corrected chi connectivity index (χ4v) is 5.39. The van der Waals surface area contributed by atoms with Crippen molar-refractivity contribution in [2.24, 2.45) is 4.99 Å². The molecule has 2 aromatic carbocycles. The number of carbonyl (C=O) groups is 2. The van der Waals surface area contributed by atoms with Gasteiger partial charge in [-0.25, -0.2) is 9.79 Å². The minimum absolute atomic E-state index is 0.0381. The number of thioether (sulfide) groups is 1. The van der Waals surface area contributed by atoms with Crippen LogP contribution in [0.25, 0.3) is 0 Å². The second kappa shape index (κ2) is 11.6. The number of benzene rings is 2. The van der Waals surface area contributed by atoms with Crippen LogP contribution in [0.2, 0.25) is 0 Å². The maximum absolute atomic E-state index is 13.3. The molecule has 2 aliphatic rings. The Hall–Kier alpha value is -3.72. The van der Waals surface area contributed by atoms with E-state index in [1.54, 1.807) is 32.2 Å². The van der Waals surface area contributed by atoms with Crippen molar-refractivity contribution >= 4 is 28.8 Å². The minimum atomic E-state index is -0.563. The summed E-state index contributed by atoms with van der Waals surface area (Å²) in [5, 5.41) is 2.65. The second-order valence-electron chi connectivity index (χ2n) is 8.66. The number of esters is 1. The van der Waals surface area contributed by atoms with Crippen molar-refractivity contribution in [2.75, 3.05) is 28.4 Å². The van der Waals surface area contributed by atoms with Crippen molar-refractivity contribution in [3.05, 3.63) is 82.0 Å². The van der Waals surface area contributed by atoms with E-state index in [4.69, 9.17) is 19.2 Å². The Morgan fingerprint density at radius 1 is 1.05 bits per heavy atom. The number of ether oxygens (including phenoxy) is 3. The average molecular weight is 522 g/mol. The zero-order valence-electron chi connectivity index (χ0n) is 21.7. The van der Waals surface area contributed by atoms with Gasteiger partial charge < -0.3 is 24.0 Å². The van der Waals surface area contributed by atoms with Gasteiger partial charge in [-0.3, -0.25) is 4.79 Å². The van der Waals surface area contributed by atoms with E-state index in [0.717, 1.165) is 16.8 Å². The molecule has 0 radical (unpaired) electrons. The summed E-state index contributed by atoms with van der Waals surface area (Å²) in [4.78, 5) is 34.8. The molecule has 1 amide bonds. The van der Waals surface area contributed by atoms with Crippen LogP contribution >= 0.6 is 11.8 Å². The molecule has 0 bridgehead atoms. The lowest BCUT2D eigenvalue weighted by atomic mass is 9.92. The number of aliphatic imine (C=N–C) groups is 1. The summed E-state index contributed by atoms with van der Waals surface area (Å²) >= 11 is 1.45. The van der Waals surface area contributed by atoms with Gasteiger partial charge in [-0.2, -0.15) is 0 Å². The number of carbonyl (C=O) groups excluding carboxylic acids is 2. The number of nitrogens with zero attached hydrogens (tertiary/aromatic N) is 3. The van der Waals surface area contributed by atoms with Gasteiger partial charge in [0.05, 0.1) is 45.1 Å². The Morgan fingerprint density at radius 3 is 2.32 bits per heavy atom. The predicted molar refractivity (Wildman–Crippen MR) is 144 cm³/mol. The Balaban J connectivity index is 1.72. The fourth-order valence-electron chi connectivity index (χ4n) is 4.45. The molecule has 2 aliphatic heterocycles. The van der Waals surface area contributed by atoms with E-state index < -0.39 is 12.0 Å². The van der Waals surface area contributed by atoms with Gasteiger partial charge in [0.15, 0.2) is 5.17 Å². The maximum Gasteiger partial charge on any atom is 0.338 e. The molecule has 2 aromatic rings. The highest BCUT2D eigenvalue weighted by Gasteiger charge is 2.42. The number of allylic oxidation sites excluding steroid dienone is 1. The lowest BCUT2D eigenvalue weighted by Crippen LogP contribution is -2.38. The SMILES string of the molecule is CCC1=C(C(=O)OC)[C@H](c2cc(OC)cc(OC)c2)N2C(CC(=O)N(C)Cc3ccccc3)=CSC2=N1. The van der Waals surface area contributed by atoms with E-state index in [-0.39, 0.29) is 12.3 Å². The summed E-state index contributed by atoms with van der Waals surface area (Å²) in [7, 11) is 6.32. The highest BCUT2D eigenvalue weighted by Crippen LogP contribution is 2.46. The number of amidine groups is 1.